The van der Waals surface area contributed by atoms with Crippen LogP contribution in [-0.4, -0.2) is 29.1 Å². The van der Waals surface area contributed by atoms with Gasteiger partial charge in [-0.05, 0) is 38.0 Å². The molecule has 2 atom stereocenters. The summed E-state index contributed by atoms with van der Waals surface area (Å²) in [6.07, 6.45) is 15.8. The van der Waals surface area contributed by atoms with Crippen LogP contribution in [0.5, 0.6) is 0 Å². The largest absolute Gasteiger partial charge is 0.323 e. The van der Waals surface area contributed by atoms with Gasteiger partial charge < -0.3 is 4.90 Å². The Balaban J connectivity index is 1.75. The van der Waals surface area contributed by atoms with Crippen molar-refractivity contribution in [2.75, 3.05) is 0 Å². The van der Waals surface area contributed by atoms with Crippen molar-refractivity contribution in [3.63, 3.8) is 0 Å². The normalized spacial score (nSPS) is 33.4. The fourth-order valence-corrected chi connectivity index (χ4v) is 4.72. The lowest BCUT2D eigenvalue weighted by molar-refractivity contribution is -0.133. The van der Waals surface area contributed by atoms with Crippen LogP contribution in [0.3, 0.4) is 0 Å². The molecule has 2 aliphatic carbocycles. The van der Waals surface area contributed by atoms with Gasteiger partial charge in [0.25, 0.3) is 0 Å². The van der Waals surface area contributed by atoms with E-state index >= 15 is 0 Å². The molecule has 0 aromatic carbocycles. The molecule has 2 unspecified atom stereocenters. The van der Waals surface area contributed by atoms with E-state index in [0.717, 1.165) is 6.42 Å². The molecule has 1 aliphatic heterocycles. The van der Waals surface area contributed by atoms with Gasteiger partial charge in [-0.15, -0.1) is 0 Å². The Hall–Kier alpha value is -0.570. The Morgan fingerprint density at radius 3 is 2.14 bits per heavy atom. The predicted molar refractivity (Wildman–Crippen MR) is 85.9 cm³/mol. The highest BCUT2D eigenvalue weighted by Gasteiger charge is 2.45. The van der Waals surface area contributed by atoms with Gasteiger partial charge in [0.2, 0.25) is 5.91 Å². The van der Waals surface area contributed by atoms with E-state index in [1.54, 1.807) is 0 Å². The molecule has 3 nitrogen and oxygen atoms in total. The van der Waals surface area contributed by atoms with Crippen LogP contribution in [0.4, 0.5) is 0 Å². The lowest BCUT2D eigenvalue weighted by atomic mass is 9.93. The highest BCUT2D eigenvalue weighted by atomic mass is 16.2. The molecule has 1 heterocycles. The minimum absolute atomic E-state index is 0.0843. The van der Waals surface area contributed by atoms with Crippen molar-refractivity contribution in [1.29, 1.82) is 0 Å². The minimum Gasteiger partial charge on any atom is -0.323 e. The number of hydrogen-bond acceptors (Lipinski definition) is 2. The molecule has 2 saturated carbocycles. The zero-order chi connectivity index (χ0) is 14.7. The summed E-state index contributed by atoms with van der Waals surface area (Å²) in [5, 5.41) is 3.69. The van der Waals surface area contributed by atoms with Crippen LogP contribution in [-0.2, 0) is 4.79 Å². The molecule has 0 radical (unpaired) electrons. The quantitative estimate of drug-likeness (QED) is 0.857. The fourth-order valence-electron chi connectivity index (χ4n) is 4.72. The van der Waals surface area contributed by atoms with E-state index in [4.69, 9.17) is 0 Å². The number of carbonyl (C=O) groups excluding carboxylic acids is 1. The molecule has 3 aliphatic rings. The Bertz CT molecular complexity index is 343. The van der Waals surface area contributed by atoms with Gasteiger partial charge in [0.1, 0.15) is 0 Å². The molecule has 3 fully saturated rings. The lowest BCUT2D eigenvalue weighted by Gasteiger charge is -2.36. The van der Waals surface area contributed by atoms with E-state index in [2.05, 4.69) is 17.1 Å². The number of nitrogens with one attached hydrogen (secondary N) is 1. The maximum Gasteiger partial charge on any atom is 0.241 e. The van der Waals surface area contributed by atoms with Crippen molar-refractivity contribution in [2.45, 2.75) is 102 Å². The van der Waals surface area contributed by atoms with Gasteiger partial charge in [-0.2, -0.15) is 0 Å². The van der Waals surface area contributed by atoms with E-state index in [9.17, 15) is 4.79 Å². The molecule has 1 saturated heterocycles. The molecule has 1 N–H and O–H groups in total. The highest BCUT2D eigenvalue weighted by molar-refractivity contribution is 5.84. The van der Waals surface area contributed by atoms with Crippen LogP contribution in [0.1, 0.15) is 84.0 Å². The topological polar surface area (TPSA) is 32.3 Å². The summed E-state index contributed by atoms with van der Waals surface area (Å²) < 4.78 is 0. The third-order valence-electron chi connectivity index (χ3n) is 5.95. The predicted octanol–water partition coefficient (Wildman–Crippen LogP) is 3.83. The van der Waals surface area contributed by atoms with Gasteiger partial charge in [0.05, 0.1) is 12.2 Å². The third kappa shape index (κ3) is 3.28. The van der Waals surface area contributed by atoms with Gasteiger partial charge >= 0.3 is 0 Å². The smallest absolute Gasteiger partial charge is 0.241 e. The third-order valence-corrected chi connectivity index (χ3v) is 5.95. The highest BCUT2D eigenvalue weighted by Crippen LogP contribution is 2.35. The summed E-state index contributed by atoms with van der Waals surface area (Å²) in [5.41, 5.74) is 0. The van der Waals surface area contributed by atoms with Gasteiger partial charge in [-0.1, -0.05) is 51.9 Å². The molecule has 0 aromatic rings. The second-order valence-electron chi connectivity index (χ2n) is 7.36. The summed E-state index contributed by atoms with van der Waals surface area (Å²) in [4.78, 5) is 15.2. The lowest BCUT2D eigenvalue weighted by Crippen LogP contribution is -2.48. The molecule has 0 aromatic heterocycles. The second kappa shape index (κ2) is 7.13. The molecular weight excluding hydrogens is 260 g/mol. The van der Waals surface area contributed by atoms with Crippen LogP contribution in [0.2, 0.25) is 0 Å². The number of hydrogen-bond donors (Lipinski definition) is 1. The minimum atomic E-state index is 0.0843. The molecule has 3 heteroatoms. The summed E-state index contributed by atoms with van der Waals surface area (Å²) in [7, 11) is 0. The van der Waals surface area contributed by atoms with E-state index in [-0.39, 0.29) is 6.04 Å². The number of amides is 1. The SMILES string of the molecule is CCC1NC(C2CCCC2)N(C2CCCCCCC2)C1=O. The molecule has 3 rings (SSSR count). The van der Waals surface area contributed by atoms with Crippen molar-refractivity contribution in [1.82, 2.24) is 10.2 Å². The Morgan fingerprint density at radius 1 is 0.952 bits per heavy atom. The average Bonchev–Trinajstić information content (AvgIpc) is 3.07. The van der Waals surface area contributed by atoms with E-state index < -0.39 is 0 Å². The van der Waals surface area contributed by atoms with Crippen LogP contribution in [0, 0.1) is 5.92 Å². The van der Waals surface area contributed by atoms with Gasteiger partial charge in [0, 0.05) is 6.04 Å². The van der Waals surface area contributed by atoms with E-state index in [1.165, 1.54) is 70.6 Å². The Labute approximate surface area is 129 Å². The van der Waals surface area contributed by atoms with Crippen molar-refractivity contribution < 1.29 is 4.79 Å². The van der Waals surface area contributed by atoms with Crippen molar-refractivity contribution in [3.8, 4) is 0 Å². The maximum absolute atomic E-state index is 12.9. The Morgan fingerprint density at radius 2 is 1.52 bits per heavy atom. The van der Waals surface area contributed by atoms with Gasteiger partial charge in [0.15, 0.2) is 0 Å². The molecule has 0 bridgehead atoms. The molecule has 0 spiro atoms. The first-order valence-corrected chi connectivity index (χ1v) is 9.39. The first-order valence-electron chi connectivity index (χ1n) is 9.39. The standard InChI is InChI=1S/C18H32N2O/c1-2-16-18(21)20(15-12-6-4-3-5-7-13-15)17(19-16)14-10-8-9-11-14/h14-17,19H,2-13H2,1H3. The van der Waals surface area contributed by atoms with Crippen LogP contribution in [0.25, 0.3) is 0 Å². The van der Waals surface area contributed by atoms with Gasteiger partial charge in [-0.25, -0.2) is 0 Å². The molecule has 21 heavy (non-hydrogen) atoms. The first kappa shape index (κ1) is 15.3. The summed E-state index contributed by atoms with van der Waals surface area (Å²) in [5.74, 6) is 1.11. The van der Waals surface area contributed by atoms with Crippen LogP contribution in [0.15, 0.2) is 0 Å². The first-order chi connectivity index (χ1) is 10.3. The zero-order valence-electron chi connectivity index (χ0n) is 13.7. The fraction of sp³-hybridized carbons (Fsp3) is 0.944. The number of carbonyl (C=O) groups is 1. The van der Waals surface area contributed by atoms with Crippen LogP contribution >= 0.6 is 0 Å². The van der Waals surface area contributed by atoms with Crippen LogP contribution < -0.4 is 5.32 Å². The monoisotopic (exact) mass is 292 g/mol. The second-order valence-corrected chi connectivity index (χ2v) is 7.36. The van der Waals surface area contributed by atoms with Crippen molar-refractivity contribution >= 4 is 5.91 Å². The van der Waals surface area contributed by atoms with Gasteiger partial charge in [-0.3, -0.25) is 10.1 Å². The molecule has 120 valence electrons. The molecule has 1 amide bonds. The Kier molecular flexibility index (Phi) is 5.20. The average molecular weight is 292 g/mol. The zero-order valence-corrected chi connectivity index (χ0v) is 13.7. The number of rotatable bonds is 3. The van der Waals surface area contributed by atoms with E-state index in [0.29, 0.717) is 24.0 Å². The summed E-state index contributed by atoms with van der Waals surface area (Å²) >= 11 is 0. The van der Waals surface area contributed by atoms with E-state index in [1.807, 2.05) is 0 Å². The van der Waals surface area contributed by atoms with Crippen molar-refractivity contribution in [2.24, 2.45) is 5.92 Å². The summed E-state index contributed by atoms with van der Waals surface area (Å²) in [6.45, 7) is 2.14. The summed E-state index contributed by atoms with van der Waals surface area (Å²) in [6, 6.07) is 0.591. The number of nitrogens with zero attached hydrogens (tertiary/aromatic N) is 1. The molecular formula is C18H32N2O. The maximum atomic E-state index is 12.9. The van der Waals surface area contributed by atoms with Crippen molar-refractivity contribution in [3.05, 3.63) is 0 Å².